The number of likely N-dealkylation sites (tertiary alicyclic amines) is 1. The summed E-state index contributed by atoms with van der Waals surface area (Å²) in [5.41, 5.74) is 0.977. The summed E-state index contributed by atoms with van der Waals surface area (Å²) in [5, 5.41) is 10.3. The molecule has 0 radical (unpaired) electrons. The molecule has 3 amide bonds. The van der Waals surface area contributed by atoms with Crippen LogP contribution in [0, 0.1) is 6.92 Å². The maximum atomic E-state index is 13.5. The number of aromatic nitrogens is 3. The van der Waals surface area contributed by atoms with Gasteiger partial charge >= 0.3 is 6.09 Å². The molecule has 0 saturated carbocycles. The Balaban J connectivity index is 1.67. The van der Waals surface area contributed by atoms with Crippen LogP contribution in [0.25, 0.3) is 5.82 Å². The molecular weight excluding hydrogens is 523 g/mol. The fraction of sp³-hybridized carbons (Fsp3) is 0.292. The minimum Gasteiger partial charge on any atom is -0.350 e. The van der Waals surface area contributed by atoms with E-state index in [0.717, 1.165) is 11.1 Å². The number of nitrogens with one attached hydrogen (secondary N) is 2. The molecule has 1 fully saturated rings. The fourth-order valence-electron chi connectivity index (χ4n) is 3.49. The van der Waals surface area contributed by atoms with Gasteiger partial charge in [0.15, 0.2) is 5.82 Å². The van der Waals surface area contributed by atoms with Crippen LogP contribution in [0.4, 0.5) is 10.5 Å². The number of hydrogen-bond donors (Lipinski definition) is 2. The standard InChI is InChI=1S/C24H24Cl2N6O5/c1-13(2)28-22(33)16-11-15(25)10-14(3)20(16)29-23(34)18-12-19(36-37-24(35)31-8-5-9-31)30-32(18)21-17(26)6-4-7-27-21/h4,6-7,10-13H,5,8-9H2,1-3H3,(H,28,33)(H,29,34). The second-order valence-corrected chi connectivity index (χ2v) is 9.43. The van der Waals surface area contributed by atoms with Crippen molar-refractivity contribution in [2.24, 2.45) is 0 Å². The average Bonchev–Trinajstić information content (AvgIpc) is 3.22. The monoisotopic (exact) mass is 546 g/mol. The van der Waals surface area contributed by atoms with Crippen LogP contribution in [0.3, 0.4) is 0 Å². The third kappa shape index (κ3) is 5.95. The first kappa shape index (κ1) is 26.2. The van der Waals surface area contributed by atoms with Crippen molar-refractivity contribution < 1.29 is 24.2 Å². The highest BCUT2D eigenvalue weighted by Crippen LogP contribution is 2.28. The largest absolute Gasteiger partial charge is 0.452 e. The number of halogens is 2. The van der Waals surface area contributed by atoms with Gasteiger partial charge in [0.05, 0.1) is 16.3 Å². The first-order valence-corrected chi connectivity index (χ1v) is 12.2. The lowest BCUT2D eigenvalue weighted by Crippen LogP contribution is -2.42. The molecule has 2 aromatic heterocycles. The highest BCUT2D eigenvalue weighted by molar-refractivity contribution is 6.32. The Hall–Kier alpha value is -3.83. The zero-order chi connectivity index (χ0) is 26.7. The van der Waals surface area contributed by atoms with Crippen molar-refractivity contribution in [3.8, 4) is 11.7 Å². The number of rotatable bonds is 7. The summed E-state index contributed by atoms with van der Waals surface area (Å²) in [6.45, 7) is 6.49. The van der Waals surface area contributed by atoms with Gasteiger partial charge in [-0.1, -0.05) is 23.2 Å². The van der Waals surface area contributed by atoms with E-state index in [9.17, 15) is 14.4 Å². The van der Waals surface area contributed by atoms with E-state index >= 15 is 0 Å². The van der Waals surface area contributed by atoms with Gasteiger partial charge in [-0.15, -0.1) is 5.10 Å². The van der Waals surface area contributed by atoms with Gasteiger partial charge in [-0.25, -0.2) is 19.3 Å². The molecule has 0 atom stereocenters. The Morgan fingerprint density at radius 1 is 1.11 bits per heavy atom. The van der Waals surface area contributed by atoms with E-state index in [4.69, 9.17) is 33.0 Å². The first-order valence-electron chi connectivity index (χ1n) is 11.4. The molecule has 1 aliphatic heterocycles. The lowest BCUT2D eigenvalue weighted by molar-refractivity contribution is -0.161. The van der Waals surface area contributed by atoms with Crippen LogP contribution >= 0.6 is 23.2 Å². The van der Waals surface area contributed by atoms with Crippen LogP contribution in [0.15, 0.2) is 36.5 Å². The quantitative estimate of drug-likeness (QED) is 0.331. The van der Waals surface area contributed by atoms with E-state index in [0.29, 0.717) is 23.7 Å². The van der Waals surface area contributed by atoms with Crippen molar-refractivity contribution in [1.29, 1.82) is 0 Å². The van der Waals surface area contributed by atoms with Crippen molar-refractivity contribution in [2.75, 3.05) is 18.4 Å². The number of carbonyl (C=O) groups excluding carboxylic acids is 3. The van der Waals surface area contributed by atoms with Crippen molar-refractivity contribution in [1.82, 2.24) is 25.0 Å². The molecule has 4 rings (SSSR count). The Morgan fingerprint density at radius 3 is 2.51 bits per heavy atom. The van der Waals surface area contributed by atoms with Gasteiger partial charge in [-0.3, -0.25) is 14.5 Å². The van der Waals surface area contributed by atoms with Gasteiger partial charge in [-0.2, -0.15) is 0 Å². The van der Waals surface area contributed by atoms with Gasteiger partial charge in [0, 0.05) is 36.4 Å². The van der Waals surface area contributed by atoms with Crippen LogP contribution in [-0.2, 0) is 4.89 Å². The molecule has 3 heterocycles. The smallest absolute Gasteiger partial charge is 0.350 e. The molecule has 3 aromatic rings. The van der Waals surface area contributed by atoms with Crippen LogP contribution in [0.1, 0.15) is 46.7 Å². The van der Waals surface area contributed by atoms with Gasteiger partial charge in [-0.05, 0) is 57.0 Å². The second kappa shape index (κ2) is 11.1. The minimum absolute atomic E-state index is 0.0415. The zero-order valence-electron chi connectivity index (χ0n) is 20.2. The van der Waals surface area contributed by atoms with Crippen molar-refractivity contribution in [3.63, 3.8) is 0 Å². The molecule has 1 aromatic carbocycles. The number of amides is 3. The molecule has 11 nitrogen and oxygen atoms in total. The summed E-state index contributed by atoms with van der Waals surface area (Å²) >= 11 is 12.5. The number of carbonyl (C=O) groups is 3. The average molecular weight is 547 g/mol. The van der Waals surface area contributed by atoms with E-state index in [-0.39, 0.29) is 39.7 Å². The third-order valence-corrected chi connectivity index (χ3v) is 5.89. The SMILES string of the molecule is Cc1cc(Cl)cc(C(=O)NC(C)C)c1NC(=O)c1cc(OOC(=O)N2CCC2)nn1-c1ncccc1Cl. The molecule has 194 valence electrons. The van der Waals surface area contributed by atoms with Gasteiger partial charge in [0.2, 0.25) is 0 Å². The highest BCUT2D eigenvalue weighted by atomic mass is 35.5. The van der Waals surface area contributed by atoms with Crippen molar-refractivity contribution in [3.05, 3.63) is 63.4 Å². The maximum absolute atomic E-state index is 13.5. The van der Waals surface area contributed by atoms with E-state index < -0.39 is 17.9 Å². The maximum Gasteiger partial charge on any atom is 0.452 e. The van der Waals surface area contributed by atoms with Crippen molar-refractivity contribution in [2.45, 2.75) is 33.2 Å². The lowest BCUT2D eigenvalue weighted by atomic mass is 10.1. The molecule has 0 unspecified atom stereocenters. The number of nitrogens with zero attached hydrogens (tertiary/aromatic N) is 4. The van der Waals surface area contributed by atoms with Gasteiger partial charge in [0.25, 0.3) is 17.7 Å². The van der Waals surface area contributed by atoms with Gasteiger partial charge in [0.1, 0.15) is 5.69 Å². The van der Waals surface area contributed by atoms with Crippen LogP contribution in [0.5, 0.6) is 5.88 Å². The highest BCUT2D eigenvalue weighted by Gasteiger charge is 2.26. The molecule has 0 spiro atoms. The Kier molecular flexibility index (Phi) is 7.84. The van der Waals surface area contributed by atoms with Crippen molar-refractivity contribution >= 4 is 46.8 Å². The Morgan fingerprint density at radius 2 is 1.86 bits per heavy atom. The zero-order valence-corrected chi connectivity index (χ0v) is 21.8. The molecule has 0 aliphatic carbocycles. The van der Waals surface area contributed by atoms with E-state index in [1.807, 2.05) is 13.8 Å². The summed E-state index contributed by atoms with van der Waals surface area (Å²) in [6, 6.07) is 7.43. The molecule has 13 heteroatoms. The molecular formula is C24H24Cl2N6O5. The normalized spacial score (nSPS) is 12.6. The number of benzene rings is 1. The molecule has 2 N–H and O–H groups in total. The predicted molar refractivity (Wildman–Crippen MR) is 136 cm³/mol. The molecule has 1 saturated heterocycles. The topological polar surface area (TPSA) is 128 Å². The second-order valence-electron chi connectivity index (χ2n) is 8.59. The van der Waals surface area contributed by atoms with Crippen LogP contribution in [0.2, 0.25) is 10.0 Å². The Bertz CT molecular complexity index is 1360. The number of aryl methyl sites for hydroxylation is 1. The number of hydrogen-bond acceptors (Lipinski definition) is 7. The summed E-state index contributed by atoms with van der Waals surface area (Å²) in [7, 11) is 0. The third-order valence-electron chi connectivity index (χ3n) is 5.38. The van der Waals surface area contributed by atoms with Crippen LogP contribution < -0.4 is 15.5 Å². The summed E-state index contributed by atoms with van der Waals surface area (Å²) < 4.78 is 1.16. The fourth-order valence-corrected chi connectivity index (χ4v) is 3.97. The lowest BCUT2D eigenvalue weighted by Gasteiger charge is -2.28. The molecule has 37 heavy (non-hydrogen) atoms. The van der Waals surface area contributed by atoms with E-state index in [1.165, 1.54) is 23.2 Å². The first-order chi connectivity index (χ1) is 17.6. The number of pyridine rings is 1. The Labute approximate surface area is 222 Å². The van der Waals surface area contributed by atoms with E-state index in [2.05, 4.69) is 20.7 Å². The van der Waals surface area contributed by atoms with Crippen LogP contribution in [-0.4, -0.2) is 56.7 Å². The molecule has 0 bridgehead atoms. The van der Waals surface area contributed by atoms with Gasteiger partial charge < -0.3 is 15.5 Å². The minimum atomic E-state index is -0.666. The summed E-state index contributed by atoms with van der Waals surface area (Å²) in [6.07, 6.45) is 1.69. The number of anilines is 1. The molecule has 1 aliphatic rings. The predicted octanol–water partition coefficient (Wildman–Crippen LogP) is 4.41. The summed E-state index contributed by atoms with van der Waals surface area (Å²) in [4.78, 5) is 53.9. The summed E-state index contributed by atoms with van der Waals surface area (Å²) in [5.74, 6) is -1.09. The van der Waals surface area contributed by atoms with E-state index in [1.54, 1.807) is 25.1 Å².